The van der Waals surface area contributed by atoms with Crippen LogP contribution in [0.2, 0.25) is 10.0 Å². The molecule has 88 heavy (non-hydrogen) atoms. The monoisotopic (exact) mass is 1230 g/mol. The number of piperidine rings is 2. The Morgan fingerprint density at radius 3 is 1.55 bits per heavy atom. The second-order valence-corrected chi connectivity index (χ2v) is 27.7. The summed E-state index contributed by atoms with van der Waals surface area (Å²) >= 11 is 13.8. The van der Waals surface area contributed by atoms with Crippen LogP contribution in [-0.2, 0) is 33.0 Å². The molecule has 2 saturated heterocycles. The molecule has 0 radical (unpaired) electrons. The van der Waals surface area contributed by atoms with Crippen molar-refractivity contribution in [1.82, 2.24) is 49.5 Å². The second-order valence-electron chi connectivity index (χ2n) is 26.8. The molecule has 20 heteroatoms. The maximum Gasteiger partial charge on any atom is 0.410 e. The van der Waals surface area contributed by atoms with Crippen molar-refractivity contribution >= 4 is 70.9 Å². The van der Waals surface area contributed by atoms with E-state index in [0.29, 0.717) is 61.9 Å². The SMILES string of the molecule is Cn1cncc1C(NC(=O)OC1(C)CC1)C1=Cc2cccnc2C(C2CCN(C(=O)OC(C)(C)CC3CC3(C)OC(=O)NC(C3=Cc4cccnc4C(C4CCN(C(=O)OC5(C)CC5)CC4)c4ccc(Cl)cc43)c3cncn3C)CC2)c2ccc(Cl)cc21. The van der Waals surface area contributed by atoms with E-state index in [4.69, 9.17) is 52.1 Å². The van der Waals surface area contributed by atoms with Crippen LogP contribution in [0.5, 0.6) is 0 Å². The summed E-state index contributed by atoms with van der Waals surface area (Å²) in [5.74, 6) is -0.132. The summed E-state index contributed by atoms with van der Waals surface area (Å²) < 4.78 is 28.3. The number of carbonyl (C=O) groups is 4. The molecule has 2 N–H and O–H groups in total. The minimum Gasteiger partial charge on any atom is -0.443 e. The lowest BCUT2D eigenvalue weighted by Gasteiger charge is -2.38. The lowest BCUT2D eigenvalue weighted by Crippen LogP contribution is -2.43. The van der Waals surface area contributed by atoms with Crippen LogP contribution >= 0.6 is 23.2 Å². The van der Waals surface area contributed by atoms with Crippen molar-refractivity contribution in [1.29, 1.82) is 0 Å². The Hall–Kier alpha value is -7.70. The average Bonchev–Trinajstić information content (AvgIpc) is 1.91. The van der Waals surface area contributed by atoms with Crippen LogP contribution < -0.4 is 10.6 Å². The number of alkyl carbamates (subject to hydrolysis) is 2. The lowest BCUT2D eigenvalue weighted by molar-refractivity contribution is -0.00753. The Labute approximate surface area is 523 Å². The first-order valence-electron chi connectivity index (χ1n) is 30.9. The fourth-order valence-electron chi connectivity index (χ4n) is 14.0. The van der Waals surface area contributed by atoms with Gasteiger partial charge in [0.05, 0.1) is 59.9 Å². The number of carbonyl (C=O) groups excluding carboxylic acids is 4. The minimum atomic E-state index is -0.889. The molecule has 7 aliphatic rings. The van der Waals surface area contributed by atoms with Gasteiger partial charge in [-0.3, -0.25) is 9.97 Å². The smallest absolute Gasteiger partial charge is 0.410 e. The number of aromatic nitrogens is 6. The van der Waals surface area contributed by atoms with Crippen LogP contribution in [0.1, 0.15) is 179 Å². The number of ether oxygens (including phenoxy) is 4. The molecule has 13 rings (SSSR count). The Bertz CT molecular complexity index is 3780. The molecule has 5 fully saturated rings. The van der Waals surface area contributed by atoms with Crippen molar-refractivity contribution in [2.45, 2.75) is 145 Å². The Morgan fingerprint density at radius 1 is 0.636 bits per heavy atom. The van der Waals surface area contributed by atoms with Gasteiger partial charge in [0.2, 0.25) is 0 Å². The van der Waals surface area contributed by atoms with Gasteiger partial charge in [0.1, 0.15) is 22.4 Å². The van der Waals surface area contributed by atoms with Crippen molar-refractivity contribution in [2.24, 2.45) is 31.8 Å². The number of aryl methyl sites for hydroxylation is 2. The Morgan fingerprint density at radius 2 is 1.09 bits per heavy atom. The van der Waals surface area contributed by atoms with Crippen molar-refractivity contribution in [2.75, 3.05) is 26.2 Å². The number of fused-ring (bicyclic) bond motifs is 4. The van der Waals surface area contributed by atoms with Crippen molar-refractivity contribution < 1.29 is 38.1 Å². The molecule has 6 unspecified atom stereocenters. The summed E-state index contributed by atoms with van der Waals surface area (Å²) in [6.45, 7) is 11.8. The van der Waals surface area contributed by atoms with E-state index in [0.717, 1.165) is 106 Å². The maximum atomic E-state index is 14.6. The van der Waals surface area contributed by atoms with E-state index in [1.807, 2.05) is 112 Å². The summed E-state index contributed by atoms with van der Waals surface area (Å²) in [6, 6.07) is 18.5. The van der Waals surface area contributed by atoms with Gasteiger partial charge in [0.15, 0.2) is 0 Å². The van der Waals surface area contributed by atoms with Gasteiger partial charge in [-0.1, -0.05) is 47.5 Å². The predicted octanol–water partition coefficient (Wildman–Crippen LogP) is 13.6. The van der Waals surface area contributed by atoms with Crippen molar-refractivity contribution in [3.05, 3.63) is 164 Å². The van der Waals surface area contributed by atoms with Crippen LogP contribution in [0.4, 0.5) is 19.2 Å². The number of likely N-dealkylation sites (tertiary alicyclic amines) is 2. The van der Waals surface area contributed by atoms with Crippen LogP contribution in [0, 0.1) is 17.8 Å². The lowest BCUT2D eigenvalue weighted by atomic mass is 9.75. The van der Waals surface area contributed by atoms with Gasteiger partial charge >= 0.3 is 24.4 Å². The number of imidazole rings is 2. The molecule has 460 valence electrons. The molecule has 18 nitrogen and oxygen atoms in total. The normalized spacial score (nSPS) is 23.2. The number of pyridine rings is 2. The summed E-state index contributed by atoms with van der Waals surface area (Å²) in [4.78, 5) is 78.3. The first kappa shape index (κ1) is 59.3. The summed E-state index contributed by atoms with van der Waals surface area (Å²) in [7, 11) is 3.81. The third-order valence-corrected chi connectivity index (χ3v) is 20.1. The molecule has 0 spiro atoms. The average molecular weight is 1230 g/mol. The molecule has 2 aliphatic heterocycles. The molecule has 0 bridgehead atoms. The molecule has 4 amide bonds. The number of benzene rings is 2. The number of hydrogen-bond donors (Lipinski definition) is 2. The maximum absolute atomic E-state index is 14.6. The van der Waals surface area contributed by atoms with E-state index in [9.17, 15) is 19.2 Å². The van der Waals surface area contributed by atoms with E-state index < -0.39 is 41.1 Å². The fraction of sp³-hybridized carbons (Fsp3) is 0.471. The highest BCUT2D eigenvalue weighted by Gasteiger charge is 2.56. The number of nitrogens with one attached hydrogen (secondary N) is 2. The molecule has 5 aliphatic carbocycles. The van der Waals surface area contributed by atoms with E-state index in [-0.39, 0.29) is 47.4 Å². The summed E-state index contributed by atoms with van der Waals surface area (Å²) in [5.41, 5.74) is 8.14. The molecular weight excluding hydrogens is 1160 g/mol. The van der Waals surface area contributed by atoms with Gasteiger partial charge in [-0.25, -0.2) is 29.1 Å². The number of halogens is 2. The predicted molar refractivity (Wildman–Crippen MR) is 334 cm³/mol. The highest BCUT2D eigenvalue weighted by molar-refractivity contribution is 6.31. The van der Waals surface area contributed by atoms with E-state index in [1.54, 1.807) is 29.9 Å². The van der Waals surface area contributed by atoms with Crippen molar-refractivity contribution in [3.63, 3.8) is 0 Å². The molecule has 2 aromatic carbocycles. The van der Waals surface area contributed by atoms with E-state index in [2.05, 4.69) is 57.0 Å². The molecule has 3 saturated carbocycles. The van der Waals surface area contributed by atoms with Crippen LogP contribution in [0.25, 0.3) is 23.3 Å². The first-order chi connectivity index (χ1) is 42.1. The largest absolute Gasteiger partial charge is 0.443 e. The number of hydrogen-bond acceptors (Lipinski definition) is 12. The molecule has 6 heterocycles. The zero-order valence-electron chi connectivity index (χ0n) is 50.9. The number of amides is 4. The van der Waals surface area contributed by atoms with Gasteiger partial charge in [0, 0.05) is 80.5 Å². The quantitative estimate of drug-likeness (QED) is 0.0980. The standard InChI is InChI=1S/C68H76Cl2N10O8/c1-65(2,87-63(83)79-26-16-40(17-27-79)55-47-14-12-45(69)32-49(47)51(30-42-10-8-24-73-57(42)55)59(53-36-71-38-77(53)6)75-61(81)85-66(3)20-21-66)34-44-35-68(44,5)86-62(82)76-60(54-37-72-39-78(54)7)52-31-43-11-9-25-74-58(43)56(48-15-13-46(70)33-50(48)52)41-18-28-80(29-19-41)64(84)88-67(4)22-23-67/h8-15,24-25,30-33,36-41,44,55-56,59-60H,16-23,26-29,34-35H2,1-7H3,(H,75,81)(H,76,82). The van der Waals surface area contributed by atoms with E-state index in [1.165, 1.54) is 0 Å². The molecular formula is C68H76Cl2N10O8. The van der Waals surface area contributed by atoms with Crippen LogP contribution in [-0.4, -0.2) is 112 Å². The van der Waals surface area contributed by atoms with Gasteiger partial charge in [-0.2, -0.15) is 0 Å². The van der Waals surface area contributed by atoms with Gasteiger partial charge in [-0.15, -0.1) is 0 Å². The van der Waals surface area contributed by atoms with Crippen LogP contribution in [0.15, 0.2) is 98.1 Å². The molecule has 6 aromatic rings. The topological polar surface area (TPSA) is 197 Å². The third kappa shape index (κ3) is 12.1. The van der Waals surface area contributed by atoms with Crippen LogP contribution in [0.3, 0.4) is 0 Å². The van der Waals surface area contributed by atoms with E-state index >= 15 is 0 Å². The Balaban J connectivity index is 0.676. The van der Waals surface area contributed by atoms with Gasteiger partial charge < -0.3 is 48.5 Å². The zero-order chi connectivity index (χ0) is 61.4. The number of rotatable bonds is 14. The Kier molecular flexibility index (Phi) is 15.5. The van der Waals surface area contributed by atoms with Crippen molar-refractivity contribution in [3.8, 4) is 0 Å². The summed E-state index contributed by atoms with van der Waals surface area (Å²) in [6.07, 6.45) is 20.4. The zero-order valence-corrected chi connectivity index (χ0v) is 52.4. The highest BCUT2D eigenvalue weighted by Crippen LogP contribution is 2.53. The summed E-state index contributed by atoms with van der Waals surface area (Å²) in [5, 5.41) is 7.58. The fourth-order valence-corrected chi connectivity index (χ4v) is 14.4. The first-order valence-corrected chi connectivity index (χ1v) is 31.7. The van der Waals surface area contributed by atoms with Gasteiger partial charge in [-0.05, 0) is 204 Å². The van der Waals surface area contributed by atoms with Gasteiger partial charge in [0.25, 0.3) is 0 Å². The number of nitrogens with zero attached hydrogens (tertiary/aromatic N) is 8. The molecule has 4 aromatic heterocycles. The second kappa shape index (κ2) is 23.0. The minimum absolute atomic E-state index is 0.0861. The molecule has 6 atom stereocenters. The third-order valence-electron chi connectivity index (χ3n) is 19.6. The highest BCUT2D eigenvalue weighted by atomic mass is 35.5.